The summed E-state index contributed by atoms with van der Waals surface area (Å²) in [6.07, 6.45) is 3.24. The van der Waals surface area contributed by atoms with E-state index in [0.717, 1.165) is 36.5 Å². The van der Waals surface area contributed by atoms with Crippen molar-refractivity contribution >= 4 is 17.5 Å². The summed E-state index contributed by atoms with van der Waals surface area (Å²) in [4.78, 5) is 11.3. The molecule has 2 aromatic rings. The number of methoxy groups -OCH3 is 1. The van der Waals surface area contributed by atoms with Crippen molar-refractivity contribution in [3.8, 4) is 5.75 Å². The molecule has 5 nitrogen and oxygen atoms in total. The van der Waals surface area contributed by atoms with Crippen molar-refractivity contribution in [1.82, 2.24) is 9.97 Å². The van der Waals surface area contributed by atoms with E-state index < -0.39 is 0 Å². The number of hydrogen-bond donors (Lipinski definition) is 1. The first-order valence-corrected chi connectivity index (χ1v) is 7.18. The first-order valence-electron chi connectivity index (χ1n) is 7.18. The summed E-state index contributed by atoms with van der Waals surface area (Å²) in [5.74, 6) is 2.54. The molecule has 0 bridgehead atoms. The van der Waals surface area contributed by atoms with E-state index >= 15 is 0 Å². The summed E-state index contributed by atoms with van der Waals surface area (Å²) >= 11 is 0. The van der Waals surface area contributed by atoms with Gasteiger partial charge in [0.05, 0.1) is 12.8 Å². The third-order valence-electron chi connectivity index (χ3n) is 3.91. The molecule has 1 aromatic carbocycles. The predicted octanol–water partition coefficient (Wildman–Crippen LogP) is 2.78. The molecule has 0 unspecified atom stereocenters. The number of aryl methyl sites for hydroxylation is 1. The fourth-order valence-electron chi connectivity index (χ4n) is 2.73. The molecule has 3 rings (SSSR count). The predicted molar refractivity (Wildman–Crippen MR) is 84.7 cm³/mol. The number of anilines is 3. The van der Waals surface area contributed by atoms with Gasteiger partial charge in [0.1, 0.15) is 11.6 Å². The summed E-state index contributed by atoms with van der Waals surface area (Å²) in [5, 5.41) is 3.05. The number of aromatic nitrogens is 2. The molecule has 1 heterocycles. The van der Waals surface area contributed by atoms with Crippen LogP contribution in [0.15, 0.2) is 24.3 Å². The van der Waals surface area contributed by atoms with Crippen LogP contribution in [0.1, 0.15) is 17.7 Å². The number of nitrogens with zero attached hydrogens (tertiary/aromatic N) is 3. The summed E-state index contributed by atoms with van der Waals surface area (Å²) in [6, 6.07) is 8.02. The lowest BCUT2D eigenvalue weighted by Crippen LogP contribution is -2.15. The Hall–Kier alpha value is -2.30. The number of hydrogen-bond acceptors (Lipinski definition) is 5. The van der Waals surface area contributed by atoms with Crippen LogP contribution in [0.25, 0.3) is 0 Å². The van der Waals surface area contributed by atoms with Gasteiger partial charge in [0, 0.05) is 25.3 Å². The lowest BCUT2D eigenvalue weighted by Gasteiger charge is -2.22. The normalized spacial score (nSPS) is 12.9. The Kier molecular flexibility index (Phi) is 3.64. The van der Waals surface area contributed by atoms with Gasteiger partial charge in [-0.05, 0) is 43.5 Å². The topological polar surface area (TPSA) is 50.3 Å². The SMILES string of the molecule is CNc1nc2c(c(N(C)c3ccc(OC)cc3)n1)CCC2. The van der Waals surface area contributed by atoms with Crippen LogP contribution >= 0.6 is 0 Å². The highest BCUT2D eigenvalue weighted by atomic mass is 16.5. The van der Waals surface area contributed by atoms with E-state index in [9.17, 15) is 0 Å². The molecule has 5 heteroatoms. The Morgan fingerprint density at radius 1 is 1.14 bits per heavy atom. The minimum atomic E-state index is 0.686. The van der Waals surface area contributed by atoms with Gasteiger partial charge in [0.2, 0.25) is 5.95 Å². The summed E-state index contributed by atoms with van der Waals surface area (Å²) in [5.41, 5.74) is 3.53. The highest BCUT2D eigenvalue weighted by Gasteiger charge is 2.21. The zero-order valence-corrected chi connectivity index (χ0v) is 12.7. The number of rotatable bonds is 4. The second-order valence-corrected chi connectivity index (χ2v) is 5.16. The van der Waals surface area contributed by atoms with Gasteiger partial charge in [0.15, 0.2) is 0 Å². The van der Waals surface area contributed by atoms with E-state index in [1.807, 2.05) is 38.4 Å². The van der Waals surface area contributed by atoms with Gasteiger partial charge < -0.3 is 15.0 Å². The van der Waals surface area contributed by atoms with Crippen molar-refractivity contribution < 1.29 is 4.74 Å². The van der Waals surface area contributed by atoms with Crippen molar-refractivity contribution in [1.29, 1.82) is 0 Å². The molecule has 21 heavy (non-hydrogen) atoms. The van der Waals surface area contributed by atoms with Crippen LogP contribution in [0.2, 0.25) is 0 Å². The van der Waals surface area contributed by atoms with Gasteiger partial charge in [0.25, 0.3) is 0 Å². The average molecular weight is 284 g/mol. The van der Waals surface area contributed by atoms with E-state index in [-0.39, 0.29) is 0 Å². The average Bonchev–Trinajstić information content (AvgIpc) is 3.01. The molecular formula is C16H20N4O. The quantitative estimate of drug-likeness (QED) is 0.935. The molecule has 0 aliphatic heterocycles. The van der Waals surface area contributed by atoms with Crippen LogP contribution in [0.3, 0.4) is 0 Å². The minimum Gasteiger partial charge on any atom is -0.497 e. The summed E-state index contributed by atoms with van der Waals surface area (Å²) < 4.78 is 5.21. The van der Waals surface area contributed by atoms with Crippen LogP contribution in [0, 0.1) is 0 Å². The van der Waals surface area contributed by atoms with Crippen LogP contribution in [0.4, 0.5) is 17.5 Å². The highest BCUT2D eigenvalue weighted by molar-refractivity contribution is 5.65. The molecule has 0 atom stereocenters. The Labute approximate surface area is 125 Å². The monoisotopic (exact) mass is 284 g/mol. The van der Waals surface area contributed by atoms with E-state index in [1.54, 1.807) is 7.11 Å². The van der Waals surface area contributed by atoms with Gasteiger partial charge >= 0.3 is 0 Å². The van der Waals surface area contributed by atoms with Crippen molar-refractivity contribution in [2.45, 2.75) is 19.3 Å². The van der Waals surface area contributed by atoms with Crippen molar-refractivity contribution in [2.75, 3.05) is 31.4 Å². The fraction of sp³-hybridized carbons (Fsp3) is 0.375. The third kappa shape index (κ3) is 2.51. The van der Waals surface area contributed by atoms with Crippen molar-refractivity contribution in [3.63, 3.8) is 0 Å². The van der Waals surface area contributed by atoms with E-state index in [4.69, 9.17) is 4.74 Å². The van der Waals surface area contributed by atoms with E-state index in [0.29, 0.717) is 5.95 Å². The molecule has 1 aliphatic rings. The zero-order chi connectivity index (χ0) is 14.8. The standard InChI is InChI=1S/C16H20N4O/c1-17-16-18-14-6-4-5-13(14)15(19-16)20(2)11-7-9-12(21-3)10-8-11/h7-10H,4-6H2,1-3H3,(H,17,18,19). The fourth-order valence-corrected chi connectivity index (χ4v) is 2.73. The molecule has 0 radical (unpaired) electrons. The molecule has 0 fully saturated rings. The number of nitrogens with one attached hydrogen (secondary N) is 1. The number of fused-ring (bicyclic) bond motifs is 1. The van der Waals surface area contributed by atoms with Gasteiger partial charge in [-0.25, -0.2) is 4.98 Å². The Morgan fingerprint density at radius 3 is 2.57 bits per heavy atom. The van der Waals surface area contributed by atoms with Gasteiger partial charge in [-0.15, -0.1) is 0 Å². The van der Waals surface area contributed by atoms with Crippen molar-refractivity contribution in [2.24, 2.45) is 0 Å². The molecule has 0 spiro atoms. The highest BCUT2D eigenvalue weighted by Crippen LogP contribution is 2.33. The van der Waals surface area contributed by atoms with Crippen LogP contribution in [-0.2, 0) is 12.8 Å². The second-order valence-electron chi connectivity index (χ2n) is 5.16. The maximum absolute atomic E-state index is 5.21. The van der Waals surface area contributed by atoms with Crippen LogP contribution in [0.5, 0.6) is 5.75 Å². The smallest absolute Gasteiger partial charge is 0.224 e. The van der Waals surface area contributed by atoms with Gasteiger partial charge in [-0.1, -0.05) is 0 Å². The molecule has 1 aliphatic carbocycles. The first-order chi connectivity index (χ1) is 10.2. The molecule has 110 valence electrons. The van der Waals surface area contributed by atoms with Gasteiger partial charge in [-0.2, -0.15) is 4.98 Å². The third-order valence-corrected chi connectivity index (χ3v) is 3.91. The minimum absolute atomic E-state index is 0.686. The maximum atomic E-state index is 5.21. The van der Waals surface area contributed by atoms with E-state index in [2.05, 4.69) is 20.2 Å². The van der Waals surface area contributed by atoms with Crippen molar-refractivity contribution in [3.05, 3.63) is 35.5 Å². The number of benzene rings is 1. The molecular weight excluding hydrogens is 264 g/mol. The lowest BCUT2D eigenvalue weighted by atomic mass is 10.2. The number of ether oxygens (including phenoxy) is 1. The Morgan fingerprint density at radius 2 is 1.90 bits per heavy atom. The van der Waals surface area contributed by atoms with Crippen LogP contribution < -0.4 is 15.0 Å². The molecule has 0 saturated heterocycles. The summed E-state index contributed by atoms with van der Waals surface area (Å²) in [7, 11) is 5.57. The Bertz CT molecular complexity index is 639. The summed E-state index contributed by atoms with van der Waals surface area (Å²) in [6.45, 7) is 0. The second kappa shape index (κ2) is 5.60. The molecule has 0 saturated carbocycles. The van der Waals surface area contributed by atoms with Gasteiger partial charge in [-0.3, -0.25) is 0 Å². The maximum Gasteiger partial charge on any atom is 0.224 e. The molecule has 1 N–H and O–H groups in total. The first kappa shape index (κ1) is 13.7. The Balaban J connectivity index is 2.00. The largest absolute Gasteiger partial charge is 0.497 e. The lowest BCUT2D eigenvalue weighted by molar-refractivity contribution is 0.415. The molecule has 1 aromatic heterocycles. The zero-order valence-electron chi connectivity index (χ0n) is 12.7. The van der Waals surface area contributed by atoms with E-state index in [1.165, 1.54) is 11.3 Å². The van der Waals surface area contributed by atoms with Crippen LogP contribution in [-0.4, -0.2) is 31.2 Å². The molecule has 0 amide bonds.